The lowest BCUT2D eigenvalue weighted by molar-refractivity contribution is -0.137. The molecule has 3 aromatic rings. The standard InChI is InChI=1S/C19H14F3N3O2/c1-2-16(26)25-11-12-7-9-24-18-15(8-10-23-17(12)18)27-14-5-3-13(4-6-14)19(20,21)22/h2-10H,1,11H2,(H,25,26). The first-order valence-electron chi connectivity index (χ1n) is 7.86. The van der Waals surface area contributed by atoms with Gasteiger partial charge in [0, 0.05) is 30.6 Å². The first-order valence-corrected chi connectivity index (χ1v) is 7.86. The zero-order valence-electron chi connectivity index (χ0n) is 14.0. The number of carbonyl (C=O) groups is 1. The molecule has 0 radical (unpaired) electrons. The highest BCUT2D eigenvalue weighted by Gasteiger charge is 2.30. The Bertz CT molecular complexity index is 986. The summed E-state index contributed by atoms with van der Waals surface area (Å²) in [6.45, 7) is 3.61. The molecule has 27 heavy (non-hydrogen) atoms. The summed E-state index contributed by atoms with van der Waals surface area (Å²) in [5.41, 5.74) is 0.912. The first-order chi connectivity index (χ1) is 12.9. The number of nitrogens with one attached hydrogen (secondary N) is 1. The number of nitrogens with zero attached hydrogens (tertiary/aromatic N) is 2. The van der Waals surface area contributed by atoms with Gasteiger partial charge in [-0.1, -0.05) is 6.58 Å². The molecular formula is C19H14F3N3O2. The third-order valence-corrected chi connectivity index (χ3v) is 3.72. The van der Waals surface area contributed by atoms with Crippen LogP contribution in [0.15, 0.2) is 61.4 Å². The molecule has 1 amide bonds. The Morgan fingerprint density at radius 1 is 1.07 bits per heavy atom. The van der Waals surface area contributed by atoms with Gasteiger partial charge in [0.2, 0.25) is 5.91 Å². The van der Waals surface area contributed by atoms with E-state index < -0.39 is 11.7 Å². The Morgan fingerprint density at radius 2 is 1.74 bits per heavy atom. The number of hydrogen-bond donors (Lipinski definition) is 1. The average Bonchev–Trinajstić information content (AvgIpc) is 2.66. The fourth-order valence-corrected chi connectivity index (χ4v) is 2.40. The highest BCUT2D eigenvalue weighted by molar-refractivity contribution is 5.88. The van der Waals surface area contributed by atoms with E-state index in [1.165, 1.54) is 18.3 Å². The second kappa shape index (κ2) is 7.45. The van der Waals surface area contributed by atoms with Gasteiger partial charge in [-0.15, -0.1) is 0 Å². The van der Waals surface area contributed by atoms with E-state index in [4.69, 9.17) is 4.74 Å². The van der Waals surface area contributed by atoms with Crippen LogP contribution in [0.4, 0.5) is 13.2 Å². The van der Waals surface area contributed by atoms with Crippen LogP contribution in [0.3, 0.4) is 0 Å². The Kier molecular flexibility index (Phi) is 5.07. The minimum absolute atomic E-state index is 0.223. The molecule has 0 fully saturated rings. The van der Waals surface area contributed by atoms with Crippen LogP contribution in [0.2, 0.25) is 0 Å². The van der Waals surface area contributed by atoms with Crippen LogP contribution >= 0.6 is 0 Å². The highest BCUT2D eigenvalue weighted by atomic mass is 19.4. The first kappa shape index (κ1) is 18.4. The summed E-state index contributed by atoms with van der Waals surface area (Å²) in [6, 6.07) is 7.65. The Labute approximate surface area is 152 Å². The normalized spacial score (nSPS) is 11.2. The van der Waals surface area contributed by atoms with E-state index in [-0.39, 0.29) is 18.2 Å². The summed E-state index contributed by atoms with van der Waals surface area (Å²) in [7, 11) is 0. The van der Waals surface area contributed by atoms with Gasteiger partial charge in [-0.2, -0.15) is 13.2 Å². The van der Waals surface area contributed by atoms with Crippen molar-refractivity contribution in [1.29, 1.82) is 0 Å². The second-order valence-corrected chi connectivity index (χ2v) is 5.52. The summed E-state index contributed by atoms with van der Waals surface area (Å²) in [6.07, 6.45) is -0.203. The molecule has 3 rings (SSSR count). The fourth-order valence-electron chi connectivity index (χ4n) is 2.40. The van der Waals surface area contributed by atoms with Gasteiger partial charge in [0.25, 0.3) is 0 Å². The Hall–Kier alpha value is -3.42. The van der Waals surface area contributed by atoms with Gasteiger partial charge >= 0.3 is 6.18 Å². The summed E-state index contributed by atoms with van der Waals surface area (Å²) >= 11 is 0. The molecule has 0 aliphatic rings. The van der Waals surface area contributed by atoms with Gasteiger partial charge in [-0.25, -0.2) is 0 Å². The minimum Gasteiger partial charge on any atom is -0.455 e. The number of alkyl halides is 3. The number of fused-ring (bicyclic) bond motifs is 1. The maximum atomic E-state index is 12.7. The number of rotatable bonds is 5. The smallest absolute Gasteiger partial charge is 0.416 e. The van der Waals surface area contributed by atoms with Crippen molar-refractivity contribution in [1.82, 2.24) is 15.3 Å². The van der Waals surface area contributed by atoms with E-state index in [1.807, 2.05) is 0 Å². The molecule has 0 atom stereocenters. The van der Waals surface area contributed by atoms with Gasteiger partial charge < -0.3 is 10.1 Å². The predicted molar refractivity (Wildman–Crippen MR) is 93.1 cm³/mol. The van der Waals surface area contributed by atoms with E-state index in [1.54, 1.807) is 18.3 Å². The van der Waals surface area contributed by atoms with Crippen LogP contribution in [-0.4, -0.2) is 15.9 Å². The summed E-state index contributed by atoms with van der Waals surface area (Å²) in [4.78, 5) is 19.9. The lowest BCUT2D eigenvalue weighted by atomic mass is 10.2. The van der Waals surface area contributed by atoms with E-state index in [0.717, 1.165) is 18.2 Å². The summed E-state index contributed by atoms with van der Waals surface area (Å²) < 4.78 is 43.7. The molecule has 1 aromatic carbocycles. The molecular weight excluding hydrogens is 359 g/mol. The topological polar surface area (TPSA) is 64.1 Å². The predicted octanol–water partition coefficient (Wildman–Crippen LogP) is 4.24. The van der Waals surface area contributed by atoms with Crippen molar-refractivity contribution in [3.05, 3.63) is 72.6 Å². The van der Waals surface area contributed by atoms with Gasteiger partial charge in [0.15, 0.2) is 5.75 Å². The summed E-state index contributed by atoms with van der Waals surface area (Å²) in [5.74, 6) is 0.261. The van der Waals surface area contributed by atoms with Gasteiger partial charge in [-0.3, -0.25) is 14.8 Å². The molecule has 0 bridgehead atoms. The molecule has 5 nitrogen and oxygen atoms in total. The van der Waals surface area contributed by atoms with Gasteiger partial charge in [0.05, 0.1) is 11.1 Å². The second-order valence-electron chi connectivity index (χ2n) is 5.52. The molecule has 8 heteroatoms. The van der Waals surface area contributed by atoms with Crippen molar-refractivity contribution in [2.24, 2.45) is 0 Å². The lowest BCUT2D eigenvalue weighted by Gasteiger charge is -2.11. The monoisotopic (exact) mass is 373 g/mol. The van der Waals surface area contributed by atoms with Crippen molar-refractivity contribution in [2.45, 2.75) is 12.7 Å². The largest absolute Gasteiger partial charge is 0.455 e. The quantitative estimate of drug-likeness (QED) is 0.680. The fraction of sp³-hybridized carbons (Fsp3) is 0.105. The number of ether oxygens (including phenoxy) is 1. The third-order valence-electron chi connectivity index (χ3n) is 3.72. The SMILES string of the molecule is C=CC(=O)NCc1ccnc2c(Oc3ccc(C(F)(F)F)cc3)ccnc12. The number of pyridine rings is 2. The molecule has 0 unspecified atom stereocenters. The molecule has 138 valence electrons. The van der Waals surface area contributed by atoms with Crippen molar-refractivity contribution < 1.29 is 22.7 Å². The molecule has 1 N–H and O–H groups in total. The molecule has 2 heterocycles. The average molecular weight is 373 g/mol. The van der Waals surface area contributed by atoms with Crippen LogP contribution in [0.1, 0.15) is 11.1 Å². The lowest BCUT2D eigenvalue weighted by Crippen LogP contribution is -2.20. The van der Waals surface area contributed by atoms with Crippen molar-refractivity contribution >= 4 is 16.9 Å². The van der Waals surface area contributed by atoms with Crippen molar-refractivity contribution in [3.8, 4) is 11.5 Å². The van der Waals surface area contributed by atoms with Crippen molar-refractivity contribution in [2.75, 3.05) is 0 Å². The molecule has 0 saturated heterocycles. The minimum atomic E-state index is -4.41. The molecule has 0 spiro atoms. The van der Waals surface area contributed by atoms with E-state index in [9.17, 15) is 18.0 Å². The maximum Gasteiger partial charge on any atom is 0.416 e. The molecule has 0 aliphatic carbocycles. The Morgan fingerprint density at radius 3 is 2.41 bits per heavy atom. The number of hydrogen-bond acceptors (Lipinski definition) is 4. The molecule has 0 saturated carbocycles. The third kappa shape index (κ3) is 4.22. The van der Waals surface area contributed by atoms with E-state index >= 15 is 0 Å². The van der Waals surface area contributed by atoms with Crippen LogP contribution in [0, 0.1) is 0 Å². The zero-order valence-corrected chi connectivity index (χ0v) is 14.0. The molecule has 0 aliphatic heterocycles. The van der Waals surface area contributed by atoms with Crippen molar-refractivity contribution in [3.63, 3.8) is 0 Å². The summed E-state index contributed by atoms with van der Waals surface area (Å²) in [5, 5.41) is 2.66. The number of amides is 1. The number of halogens is 3. The molecule has 2 aromatic heterocycles. The highest BCUT2D eigenvalue weighted by Crippen LogP contribution is 2.33. The van der Waals surface area contributed by atoms with Crippen LogP contribution < -0.4 is 10.1 Å². The van der Waals surface area contributed by atoms with Crippen LogP contribution in [0.25, 0.3) is 11.0 Å². The van der Waals surface area contributed by atoms with Crippen LogP contribution in [-0.2, 0) is 17.5 Å². The van der Waals surface area contributed by atoms with E-state index in [2.05, 4.69) is 21.9 Å². The Balaban J connectivity index is 1.89. The van der Waals surface area contributed by atoms with Crippen LogP contribution in [0.5, 0.6) is 11.5 Å². The van der Waals surface area contributed by atoms with Gasteiger partial charge in [0.1, 0.15) is 11.3 Å². The zero-order chi connectivity index (χ0) is 19.4. The number of benzene rings is 1. The van der Waals surface area contributed by atoms with Gasteiger partial charge in [-0.05, 0) is 36.4 Å². The number of carbonyl (C=O) groups excluding carboxylic acids is 1. The maximum absolute atomic E-state index is 12.7. The van der Waals surface area contributed by atoms with E-state index in [0.29, 0.717) is 22.3 Å². The number of aromatic nitrogens is 2.